The average Bonchev–Trinajstić information content (AvgIpc) is 3.21. The van der Waals surface area contributed by atoms with E-state index in [0.717, 1.165) is 43.2 Å². The zero-order valence-electron chi connectivity index (χ0n) is 24.3. The number of benzene rings is 1. The van der Waals surface area contributed by atoms with Crippen molar-refractivity contribution in [1.82, 2.24) is 0 Å². The van der Waals surface area contributed by atoms with Crippen molar-refractivity contribution in [1.29, 1.82) is 0 Å². The Kier molecular flexibility index (Phi) is 12.9. The van der Waals surface area contributed by atoms with E-state index in [2.05, 4.69) is 56.4 Å². The predicted octanol–water partition coefficient (Wildman–Crippen LogP) is 10.4. The lowest BCUT2D eigenvalue weighted by Crippen LogP contribution is -2.27. The lowest BCUT2D eigenvalue weighted by molar-refractivity contribution is 0.0919. The van der Waals surface area contributed by atoms with Crippen LogP contribution < -0.4 is 0 Å². The van der Waals surface area contributed by atoms with E-state index in [0.29, 0.717) is 0 Å². The van der Waals surface area contributed by atoms with Gasteiger partial charge in [0.1, 0.15) is 0 Å². The Morgan fingerprint density at radius 3 is 2.51 bits per heavy atom. The van der Waals surface area contributed by atoms with Crippen LogP contribution in [0.25, 0.3) is 0 Å². The van der Waals surface area contributed by atoms with Gasteiger partial charge in [-0.2, -0.15) is 0 Å². The van der Waals surface area contributed by atoms with Crippen LogP contribution in [0.1, 0.15) is 84.6 Å². The molecule has 0 saturated heterocycles. The first kappa shape index (κ1) is 31.3. The number of phosphoric acid groups is 1. The molecule has 0 amide bonds. The van der Waals surface area contributed by atoms with E-state index in [4.69, 9.17) is 13.6 Å². The fourth-order valence-corrected chi connectivity index (χ4v) is 6.70. The quantitative estimate of drug-likeness (QED) is 0.139. The molecular formula is C34H47O4P. The average molecular weight is 551 g/mol. The number of allylic oxidation sites excluding steroid dienone is 10. The maximum Gasteiger partial charge on any atom is 0.476 e. The maximum atomic E-state index is 14.0. The van der Waals surface area contributed by atoms with Gasteiger partial charge in [0.15, 0.2) is 0 Å². The van der Waals surface area contributed by atoms with Gasteiger partial charge in [0.05, 0.1) is 19.3 Å². The first-order valence-corrected chi connectivity index (χ1v) is 16.0. The van der Waals surface area contributed by atoms with Gasteiger partial charge < -0.3 is 0 Å². The smallest absolute Gasteiger partial charge is 0.282 e. The Balaban J connectivity index is 1.78. The minimum absolute atomic E-state index is 0.0563. The molecule has 2 atom stereocenters. The SMILES string of the molecule is C/C=C\C=C(/C)C1(C2=CCCC(OP(=O)(OC/C(=C/C)C/C=C\C)OCc3ccccc3)C=C2)CCCCC1. The maximum absolute atomic E-state index is 14.0. The van der Waals surface area contributed by atoms with E-state index in [1.54, 1.807) is 0 Å². The Bertz CT molecular complexity index is 1120. The van der Waals surface area contributed by atoms with Gasteiger partial charge in [0.25, 0.3) is 0 Å². The summed E-state index contributed by atoms with van der Waals surface area (Å²) in [5.74, 6) is 0. The second kappa shape index (κ2) is 16.1. The van der Waals surface area contributed by atoms with Gasteiger partial charge in [-0.25, -0.2) is 4.57 Å². The summed E-state index contributed by atoms with van der Waals surface area (Å²) in [6, 6.07) is 9.72. The first-order valence-electron chi connectivity index (χ1n) is 14.5. The molecule has 5 heteroatoms. The summed E-state index contributed by atoms with van der Waals surface area (Å²) in [5.41, 5.74) is 4.78. The number of phosphoric ester groups is 1. The molecule has 2 aliphatic rings. The summed E-state index contributed by atoms with van der Waals surface area (Å²) in [6.07, 6.45) is 27.3. The number of hydrogen-bond donors (Lipinski definition) is 0. The minimum Gasteiger partial charge on any atom is -0.282 e. The van der Waals surface area contributed by atoms with Crippen LogP contribution in [0.5, 0.6) is 0 Å². The van der Waals surface area contributed by atoms with Crippen LogP contribution in [0.2, 0.25) is 0 Å². The highest BCUT2D eigenvalue weighted by atomic mass is 31.2. The molecule has 0 spiro atoms. The summed E-state index contributed by atoms with van der Waals surface area (Å²) in [7, 11) is -3.83. The Morgan fingerprint density at radius 1 is 1.05 bits per heavy atom. The zero-order valence-corrected chi connectivity index (χ0v) is 25.2. The molecule has 0 radical (unpaired) electrons. The van der Waals surface area contributed by atoms with Crippen molar-refractivity contribution < 1.29 is 18.1 Å². The fraction of sp³-hybridized carbons (Fsp3) is 0.471. The van der Waals surface area contributed by atoms with Gasteiger partial charge >= 0.3 is 7.82 Å². The molecule has 1 fully saturated rings. The minimum atomic E-state index is -3.83. The summed E-state index contributed by atoms with van der Waals surface area (Å²) < 4.78 is 32.0. The van der Waals surface area contributed by atoms with Crippen LogP contribution in [0, 0.1) is 5.41 Å². The van der Waals surface area contributed by atoms with Gasteiger partial charge in [-0.15, -0.1) is 0 Å². The van der Waals surface area contributed by atoms with E-state index < -0.39 is 7.82 Å². The first-order chi connectivity index (χ1) is 18.9. The second-order valence-corrected chi connectivity index (χ2v) is 12.1. The molecule has 1 saturated carbocycles. The molecule has 0 N–H and O–H groups in total. The van der Waals surface area contributed by atoms with E-state index in [1.165, 1.54) is 30.4 Å². The summed E-state index contributed by atoms with van der Waals surface area (Å²) in [4.78, 5) is 0. The number of hydrogen-bond acceptors (Lipinski definition) is 4. The van der Waals surface area contributed by atoms with Crippen molar-refractivity contribution in [3.8, 4) is 0 Å². The van der Waals surface area contributed by atoms with Crippen molar-refractivity contribution in [3.63, 3.8) is 0 Å². The van der Waals surface area contributed by atoms with Gasteiger partial charge in [0, 0.05) is 5.41 Å². The van der Waals surface area contributed by atoms with Crippen molar-refractivity contribution in [2.45, 2.75) is 91.8 Å². The van der Waals surface area contributed by atoms with Crippen LogP contribution in [-0.2, 0) is 24.7 Å². The molecule has 0 heterocycles. The highest BCUT2D eigenvalue weighted by molar-refractivity contribution is 7.48. The fourth-order valence-electron chi connectivity index (χ4n) is 5.37. The predicted molar refractivity (Wildman–Crippen MR) is 163 cm³/mol. The highest BCUT2D eigenvalue weighted by Gasteiger charge is 2.37. The van der Waals surface area contributed by atoms with Gasteiger partial charge in [0.2, 0.25) is 0 Å². The van der Waals surface area contributed by atoms with Crippen LogP contribution in [0.4, 0.5) is 0 Å². The molecule has 3 rings (SSSR count). The molecule has 0 bridgehead atoms. The molecule has 0 aliphatic heterocycles. The molecule has 1 aromatic carbocycles. The van der Waals surface area contributed by atoms with Crippen molar-refractivity contribution in [2.75, 3.05) is 6.61 Å². The summed E-state index contributed by atoms with van der Waals surface area (Å²) in [6.45, 7) is 8.64. The van der Waals surface area contributed by atoms with E-state index in [9.17, 15) is 4.57 Å². The Labute approximate surface area is 236 Å². The van der Waals surface area contributed by atoms with Crippen LogP contribution >= 0.6 is 7.82 Å². The summed E-state index contributed by atoms with van der Waals surface area (Å²) >= 11 is 0. The zero-order chi connectivity index (χ0) is 28.0. The third kappa shape index (κ3) is 9.43. The topological polar surface area (TPSA) is 44.8 Å². The van der Waals surface area contributed by atoms with E-state index in [1.807, 2.05) is 56.3 Å². The van der Waals surface area contributed by atoms with Gasteiger partial charge in [-0.05, 0) is 76.5 Å². The molecule has 2 unspecified atom stereocenters. The molecule has 1 aromatic rings. The van der Waals surface area contributed by atoms with Crippen molar-refractivity contribution >= 4 is 7.82 Å². The van der Waals surface area contributed by atoms with E-state index >= 15 is 0 Å². The molecule has 4 nitrogen and oxygen atoms in total. The van der Waals surface area contributed by atoms with Crippen LogP contribution in [0.15, 0.2) is 102 Å². The normalized spacial score (nSPS) is 22.2. The Morgan fingerprint density at radius 2 is 1.82 bits per heavy atom. The molecular weight excluding hydrogens is 503 g/mol. The number of rotatable bonds is 13. The molecule has 0 aromatic heterocycles. The van der Waals surface area contributed by atoms with Crippen LogP contribution in [-0.4, -0.2) is 12.7 Å². The monoisotopic (exact) mass is 550 g/mol. The van der Waals surface area contributed by atoms with E-state index in [-0.39, 0.29) is 24.7 Å². The van der Waals surface area contributed by atoms with Crippen LogP contribution in [0.3, 0.4) is 0 Å². The summed E-state index contributed by atoms with van der Waals surface area (Å²) in [5, 5.41) is 0. The van der Waals surface area contributed by atoms with Gasteiger partial charge in [-0.3, -0.25) is 13.6 Å². The lowest BCUT2D eigenvalue weighted by Gasteiger charge is -2.40. The third-order valence-electron chi connectivity index (χ3n) is 7.79. The molecule has 212 valence electrons. The van der Waals surface area contributed by atoms with Crippen molar-refractivity contribution in [2.24, 2.45) is 5.41 Å². The third-order valence-corrected chi connectivity index (χ3v) is 9.21. The Hall–Kier alpha value is -2.23. The van der Waals surface area contributed by atoms with Crippen molar-refractivity contribution in [3.05, 3.63) is 107 Å². The second-order valence-electron chi connectivity index (χ2n) is 10.5. The molecule has 39 heavy (non-hydrogen) atoms. The largest absolute Gasteiger partial charge is 0.476 e. The lowest BCUT2D eigenvalue weighted by atomic mass is 9.64. The molecule has 2 aliphatic carbocycles. The standard InChI is InChI=1S/C34H47O4P/c1-5-8-17-29(4)34(25-14-11-15-26-34)32-21-16-22-33(24-23-32)38-39(35,36-27-30(7-3)18-9-6-2)37-28-31-19-12-10-13-20-31/h5-10,12-13,17,19-21,23-24,33H,11,14-16,18,22,25-28H2,1-4H3/b8-5-,9-6-,29-17+,30-7+. The van der Waals surface area contributed by atoms with Gasteiger partial charge in [-0.1, -0.05) is 110 Å². The highest BCUT2D eigenvalue weighted by Crippen LogP contribution is 2.53.